The van der Waals surface area contributed by atoms with Crippen molar-refractivity contribution in [3.8, 4) is 5.75 Å². The molecule has 0 saturated heterocycles. The van der Waals surface area contributed by atoms with Crippen molar-refractivity contribution < 1.29 is 14.7 Å². The van der Waals surface area contributed by atoms with Crippen LogP contribution in [0.4, 0.5) is 5.69 Å². The van der Waals surface area contributed by atoms with Gasteiger partial charge in [0.25, 0.3) is 5.91 Å². The van der Waals surface area contributed by atoms with E-state index in [1.165, 1.54) is 0 Å². The van der Waals surface area contributed by atoms with Crippen molar-refractivity contribution in [2.24, 2.45) is 0 Å². The quantitative estimate of drug-likeness (QED) is 0.220. The van der Waals surface area contributed by atoms with Gasteiger partial charge in [0, 0.05) is 33.5 Å². The Balaban J connectivity index is 1.60. The summed E-state index contributed by atoms with van der Waals surface area (Å²) in [5.74, 6) is -0.511. The van der Waals surface area contributed by atoms with Gasteiger partial charge in [-0.3, -0.25) is 14.3 Å². The Morgan fingerprint density at radius 2 is 1.51 bits per heavy atom. The molecule has 190 valence electrons. The van der Waals surface area contributed by atoms with Crippen LogP contribution >= 0.6 is 11.9 Å². The lowest BCUT2D eigenvalue weighted by Crippen LogP contribution is -2.45. The van der Waals surface area contributed by atoms with Gasteiger partial charge in [-0.25, -0.2) is 0 Å². The predicted molar refractivity (Wildman–Crippen MR) is 151 cm³/mol. The SMILES string of the molecule is CC(C)(C)NSc1cccc2c(NC(=O)[C@H](Cc3ccc(O)cc3)NC(=O)c3ccccc3)cccc12. The van der Waals surface area contributed by atoms with Gasteiger partial charge in [-0.2, -0.15) is 0 Å². The summed E-state index contributed by atoms with van der Waals surface area (Å²) in [6.45, 7) is 6.32. The highest BCUT2D eigenvalue weighted by Crippen LogP contribution is 2.32. The third-order valence-electron chi connectivity index (χ3n) is 5.64. The van der Waals surface area contributed by atoms with E-state index in [-0.39, 0.29) is 29.5 Å². The second kappa shape index (κ2) is 11.5. The zero-order valence-corrected chi connectivity index (χ0v) is 21.9. The van der Waals surface area contributed by atoms with Crippen molar-refractivity contribution in [3.05, 3.63) is 102 Å². The molecule has 0 aliphatic heterocycles. The number of fused-ring (bicyclic) bond motifs is 1. The molecule has 4 rings (SSSR count). The van der Waals surface area contributed by atoms with Crippen molar-refractivity contribution in [3.63, 3.8) is 0 Å². The third kappa shape index (κ3) is 7.12. The van der Waals surface area contributed by atoms with E-state index in [1.54, 1.807) is 60.5 Å². The molecule has 0 aromatic heterocycles. The van der Waals surface area contributed by atoms with E-state index in [0.717, 1.165) is 21.2 Å². The summed E-state index contributed by atoms with van der Waals surface area (Å²) in [5, 5.41) is 17.5. The lowest BCUT2D eigenvalue weighted by Gasteiger charge is -2.21. The van der Waals surface area contributed by atoms with Gasteiger partial charge in [0.15, 0.2) is 0 Å². The lowest BCUT2D eigenvalue weighted by molar-refractivity contribution is -0.118. The van der Waals surface area contributed by atoms with Gasteiger partial charge in [-0.1, -0.05) is 54.6 Å². The molecular formula is C30H31N3O3S. The maximum Gasteiger partial charge on any atom is 0.251 e. The minimum absolute atomic E-state index is 0.0585. The number of hydrogen-bond acceptors (Lipinski definition) is 5. The van der Waals surface area contributed by atoms with E-state index in [9.17, 15) is 14.7 Å². The molecule has 2 amide bonds. The number of carbonyl (C=O) groups excluding carboxylic acids is 2. The molecule has 0 radical (unpaired) electrons. The molecular weight excluding hydrogens is 482 g/mol. The number of benzene rings is 4. The van der Waals surface area contributed by atoms with Crippen LogP contribution in [0.2, 0.25) is 0 Å². The van der Waals surface area contributed by atoms with Crippen LogP contribution in [-0.4, -0.2) is 28.5 Å². The van der Waals surface area contributed by atoms with Gasteiger partial charge in [0.05, 0.1) is 0 Å². The van der Waals surface area contributed by atoms with Crippen LogP contribution in [0.1, 0.15) is 36.7 Å². The van der Waals surface area contributed by atoms with Crippen LogP contribution in [0.15, 0.2) is 95.9 Å². The third-order valence-corrected chi connectivity index (χ3v) is 6.93. The monoisotopic (exact) mass is 513 g/mol. The van der Waals surface area contributed by atoms with Gasteiger partial charge in [0.1, 0.15) is 11.8 Å². The number of carbonyl (C=O) groups is 2. The average Bonchev–Trinajstić information content (AvgIpc) is 2.88. The largest absolute Gasteiger partial charge is 0.508 e. The Hall–Kier alpha value is -3.81. The number of phenolic OH excluding ortho intramolecular Hbond substituents is 1. The Morgan fingerprint density at radius 3 is 2.22 bits per heavy atom. The summed E-state index contributed by atoms with van der Waals surface area (Å²) in [4.78, 5) is 27.5. The molecule has 37 heavy (non-hydrogen) atoms. The first kappa shape index (κ1) is 26.3. The van der Waals surface area contributed by atoms with Crippen LogP contribution in [0.3, 0.4) is 0 Å². The highest BCUT2D eigenvalue weighted by atomic mass is 32.2. The van der Waals surface area contributed by atoms with E-state index >= 15 is 0 Å². The molecule has 0 unspecified atom stereocenters. The molecule has 1 atom stereocenters. The van der Waals surface area contributed by atoms with Crippen LogP contribution in [0.5, 0.6) is 5.75 Å². The molecule has 6 nitrogen and oxygen atoms in total. The maximum atomic E-state index is 13.5. The first-order valence-electron chi connectivity index (χ1n) is 12.1. The zero-order chi connectivity index (χ0) is 26.4. The number of aromatic hydroxyl groups is 1. The molecule has 0 aliphatic carbocycles. The summed E-state index contributed by atoms with van der Waals surface area (Å²) in [6, 6.07) is 26.4. The molecule has 0 fully saturated rings. The van der Waals surface area contributed by atoms with E-state index in [4.69, 9.17) is 0 Å². The molecule has 0 spiro atoms. The number of rotatable bonds is 8. The lowest BCUT2D eigenvalue weighted by atomic mass is 10.0. The minimum Gasteiger partial charge on any atom is -0.508 e. The van der Waals surface area contributed by atoms with Gasteiger partial charge < -0.3 is 15.7 Å². The zero-order valence-electron chi connectivity index (χ0n) is 21.1. The highest BCUT2D eigenvalue weighted by molar-refractivity contribution is 7.97. The van der Waals surface area contributed by atoms with Crippen LogP contribution in [-0.2, 0) is 11.2 Å². The summed E-state index contributed by atoms with van der Waals surface area (Å²) in [5.41, 5.74) is 1.91. The molecule has 0 heterocycles. The summed E-state index contributed by atoms with van der Waals surface area (Å²) < 4.78 is 3.44. The first-order valence-corrected chi connectivity index (χ1v) is 12.9. The van der Waals surface area contributed by atoms with Crippen molar-refractivity contribution >= 4 is 40.2 Å². The van der Waals surface area contributed by atoms with E-state index in [0.29, 0.717) is 11.3 Å². The van der Waals surface area contributed by atoms with E-state index < -0.39 is 6.04 Å². The fraction of sp³-hybridized carbons (Fsp3) is 0.200. The Morgan fingerprint density at radius 1 is 0.838 bits per heavy atom. The summed E-state index contributed by atoms with van der Waals surface area (Å²) >= 11 is 1.56. The average molecular weight is 514 g/mol. The molecule has 4 aromatic carbocycles. The fourth-order valence-electron chi connectivity index (χ4n) is 3.82. The fourth-order valence-corrected chi connectivity index (χ4v) is 4.67. The number of amides is 2. The summed E-state index contributed by atoms with van der Waals surface area (Å²) in [6.07, 6.45) is 0.270. The molecule has 7 heteroatoms. The van der Waals surface area contributed by atoms with Crippen LogP contribution < -0.4 is 15.4 Å². The molecule has 4 N–H and O–H groups in total. The number of anilines is 1. The van der Waals surface area contributed by atoms with E-state index in [1.807, 2.05) is 42.5 Å². The standard InChI is InChI=1S/C30H31N3O3S/c1-30(2,3)33-37-27-14-8-11-23-24(27)12-7-13-25(23)31-29(36)26(19-20-15-17-22(34)18-16-20)32-28(35)21-9-5-4-6-10-21/h4-18,26,33-34H,19H2,1-3H3,(H,31,36)(H,32,35)/t26-/m0/s1. The van der Waals surface area contributed by atoms with Gasteiger partial charge >= 0.3 is 0 Å². The Kier molecular flexibility index (Phi) is 8.16. The number of phenols is 1. The van der Waals surface area contributed by atoms with Gasteiger partial charge in [-0.05, 0) is 80.1 Å². The maximum absolute atomic E-state index is 13.5. The number of hydrogen-bond donors (Lipinski definition) is 4. The second-order valence-electron chi connectivity index (χ2n) is 9.86. The van der Waals surface area contributed by atoms with Gasteiger partial charge in [-0.15, -0.1) is 0 Å². The molecule has 0 saturated carbocycles. The van der Waals surface area contributed by atoms with Crippen LogP contribution in [0, 0.1) is 0 Å². The molecule has 4 aromatic rings. The smallest absolute Gasteiger partial charge is 0.251 e. The first-order chi connectivity index (χ1) is 17.7. The van der Waals surface area contributed by atoms with Crippen molar-refractivity contribution in [2.75, 3.05) is 5.32 Å². The van der Waals surface area contributed by atoms with Crippen molar-refractivity contribution in [1.82, 2.24) is 10.0 Å². The Labute approximate surface area is 221 Å². The van der Waals surface area contributed by atoms with E-state index in [2.05, 4.69) is 36.1 Å². The van der Waals surface area contributed by atoms with Crippen molar-refractivity contribution in [2.45, 2.75) is 43.7 Å². The van der Waals surface area contributed by atoms with Crippen molar-refractivity contribution in [1.29, 1.82) is 0 Å². The second-order valence-corrected chi connectivity index (χ2v) is 10.7. The minimum atomic E-state index is -0.826. The molecule has 0 aliphatic rings. The normalized spacial score (nSPS) is 12.2. The summed E-state index contributed by atoms with van der Waals surface area (Å²) in [7, 11) is 0. The van der Waals surface area contributed by atoms with Crippen LogP contribution in [0.25, 0.3) is 10.8 Å². The molecule has 0 bridgehead atoms. The highest BCUT2D eigenvalue weighted by Gasteiger charge is 2.23. The Bertz CT molecular complexity index is 1380. The number of nitrogens with one attached hydrogen (secondary N) is 3. The van der Waals surface area contributed by atoms with Gasteiger partial charge in [0.2, 0.25) is 5.91 Å². The topological polar surface area (TPSA) is 90.5 Å². The predicted octanol–water partition coefficient (Wildman–Crippen LogP) is 5.92.